The minimum absolute atomic E-state index is 0.121. The van der Waals surface area contributed by atoms with Crippen LogP contribution in [0.2, 0.25) is 5.02 Å². The summed E-state index contributed by atoms with van der Waals surface area (Å²) in [5.41, 5.74) is 0.797. The molecule has 0 aliphatic heterocycles. The lowest BCUT2D eigenvalue weighted by atomic mass is 10.2. The van der Waals surface area contributed by atoms with Gasteiger partial charge < -0.3 is 0 Å². The lowest BCUT2D eigenvalue weighted by Gasteiger charge is -1.99. The second-order valence-electron chi connectivity index (χ2n) is 2.05. The SMILES string of the molecule is Cc1cc(F)c(Cl)cc1S. The zero-order valence-electron chi connectivity index (χ0n) is 5.36. The van der Waals surface area contributed by atoms with Gasteiger partial charge in [-0.3, -0.25) is 0 Å². The Bertz CT molecular complexity index is 210. The standard InChI is InChI=1S/C7H6ClFS/c1-4-2-6(9)5(8)3-7(4)10/h2-3,10H,1H3. The lowest BCUT2D eigenvalue weighted by Crippen LogP contribution is -1.81. The molecule has 0 heterocycles. The Hall–Kier alpha value is -0.210. The van der Waals surface area contributed by atoms with E-state index in [1.54, 1.807) is 6.92 Å². The molecule has 0 saturated carbocycles. The fourth-order valence-corrected chi connectivity index (χ4v) is 1.07. The number of rotatable bonds is 0. The Morgan fingerprint density at radius 1 is 1.50 bits per heavy atom. The number of hydrogen-bond donors (Lipinski definition) is 1. The number of thiol groups is 1. The topological polar surface area (TPSA) is 0 Å². The number of hydrogen-bond acceptors (Lipinski definition) is 1. The average molecular weight is 177 g/mol. The summed E-state index contributed by atoms with van der Waals surface area (Å²) in [6.07, 6.45) is 0. The van der Waals surface area contributed by atoms with Gasteiger partial charge in [0.1, 0.15) is 5.82 Å². The first-order valence-corrected chi connectivity index (χ1v) is 3.58. The predicted molar refractivity (Wildman–Crippen MR) is 43.4 cm³/mol. The van der Waals surface area contributed by atoms with Gasteiger partial charge >= 0.3 is 0 Å². The van der Waals surface area contributed by atoms with Crippen molar-refractivity contribution < 1.29 is 4.39 Å². The Morgan fingerprint density at radius 3 is 2.60 bits per heavy atom. The maximum absolute atomic E-state index is 12.6. The molecule has 0 atom stereocenters. The van der Waals surface area contributed by atoms with Crippen molar-refractivity contribution in [1.29, 1.82) is 0 Å². The Kier molecular flexibility index (Phi) is 2.21. The molecule has 0 spiro atoms. The van der Waals surface area contributed by atoms with Crippen molar-refractivity contribution in [1.82, 2.24) is 0 Å². The van der Waals surface area contributed by atoms with Crippen molar-refractivity contribution in [3.8, 4) is 0 Å². The smallest absolute Gasteiger partial charge is 0.142 e. The van der Waals surface area contributed by atoms with E-state index < -0.39 is 5.82 Å². The van der Waals surface area contributed by atoms with Crippen LogP contribution < -0.4 is 0 Å². The molecule has 54 valence electrons. The summed E-state index contributed by atoms with van der Waals surface area (Å²) in [5.74, 6) is -0.392. The molecule has 0 fully saturated rings. The second-order valence-corrected chi connectivity index (χ2v) is 2.94. The summed E-state index contributed by atoms with van der Waals surface area (Å²) in [7, 11) is 0. The monoisotopic (exact) mass is 176 g/mol. The summed E-state index contributed by atoms with van der Waals surface area (Å²) in [6, 6.07) is 2.86. The minimum Gasteiger partial charge on any atom is -0.205 e. The molecular weight excluding hydrogens is 171 g/mol. The molecule has 0 aliphatic carbocycles. The van der Waals surface area contributed by atoms with Crippen LogP contribution in [0.15, 0.2) is 17.0 Å². The third-order valence-electron chi connectivity index (χ3n) is 1.24. The molecule has 0 N–H and O–H groups in total. The van der Waals surface area contributed by atoms with E-state index in [9.17, 15) is 4.39 Å². The fourth-order valence-electron chi connectivity index (χ4n) is 0.636. The zero-order chi connectivity index (χ0) is 7.72. The average Bonchev–Trinajstić information content (AvgIpc) is 1.84. The van der Waals surface area contributed by atoms with Gasteiger partial charge in [0, 0.05) is 4.90 Å². The largest absolute Gasteiger partial charge is 0.205 e. The van der Waals surface area contributed by atoms with E-state index in [2.05, 4.69) is 12.6 Å². The molecule has 0 saturated heterocycles. The summed E-state index contributed by atoms with van der Waals surface area (Å²) in [4.78, 5) is 0.714. The molecule has 0 amide bonds. The first-order chi connectivity index (χ1) is 4.61. The molecular formula is C7H6ClFS. The van der Waals surface area contributed by atoms with E-state index >= 15 is 0 Å². The molecule has 0 aliphatic rings. The van der Waals surface area contributed by atoms with Crippen LogP contribution in [0.1, 0.15) is 5.56 Å². The van der Waals surface area contributed by atoms with E-state index in [1.807, 2.05) is 0 Å². The maximum atomic E-state index is 12.6. The van der Waals surface area contributed by atoms with Crippen molar-refractivity contribution in [3.63, 3.8) is 0 Å². The minimum atomic E-state index is -0.392. The van der Waals surface area contributed by atoms with Gasteiger partial charge in [-0.1, -0.05) is 11.6 Å². The molecule has 0 nitrogen and oxygen atoms in total. The first-order valence-electron chi connectivity index (χ1n) is 2.76. The van der Waals surface area contributed by atoms with Crippen molar-refractivity contribution in [2.45, 2.75) is 11.8 Å². The Balaban J connectivity index is 3.28. The second kappa shape index (κ2) is 2.81. The molecule has 0 aromatic heterocycles. The van der Waals surface area contributed by atoms with Crippen molar-refractivity contribution >= 4 is 24.2 Å². The molecule has 0 radical (unpaired) electrons. The van der Waals surface area contributed by atoms with Gasteiger partial charge in [-0.15, -0.1) is 12.6 Å². The van der Waals surface area contributed by atoms with Crippen LogP contribution in [-0.4, -0.2) is 0 Å². The maximum Gasteiger partial charge on any atom is 0.142 e. The normalized spacial score (nSPS) is 10.0. The highest BCUT2D eigenvalue weighted by Crippen LogP contribution is 2.21. The molecule has 0 bridgehead atoms. The summed E-state index contributed by atoms with van der Waals surface area (Å²) in [5, 5.41) is 0.121. The predicted octanol–water partition coefficient (Wildman–Crippen LogP) is 3.08. The van der Waals surface area contributed by atoms with Gasteiger partial charge in [-0.25, -0.2) is 4.39 Å². The zero-order valence-corrected chi connectivity index (χ0v) is 7.01. The van der Waals surface area contributed by atoms with Crippen LogP contribution in [-0.2, 0) is 0 Å². The fraction of sp³-hybridized carbons (Fsp3) is 0.143. The highest BCUT2D eigenvalue weighted by atomic mass is 35.5. The summed E-state index contributed by atoms with van der Waals surface area (Å²) >= 11 is 9.53. The number of aryl methyl sites for hydroxylation is 1. The van der Waals surface area contributed by atoms with Crippen LogP contribution in [0.5, 0.6) is 0 Å². The quantitative estimate of drug-likeness (QED) is 0.577. The van der Waals surface area contributed by atoms with Crippen LogP contribution >= 0.6 is 24.2 Å². The lowest BCUT2D eigenvalue weighted by molar-refractivity contribution is 0.625. The van der Waals surface area contributed by atoms with E-state index in [1.165, 1.54) is 12.1 Å². The molecule has 1 aromatic carbocycles. The summed E-state index contributed by atoms with van der Waals surface area (Å²) < 4.78 is 12.6. The highest BCUT2D eigenvalue weighted by molar-refractivity contribution is 7.80. The van der Waals surface area contributed by atoms with Gasteiger partial charge in [0.25, 0.3) is 0 Å². The molecule has 1 rings (SSSR count). The van der Waals surface area contributed by atoms with E-state index in [-0.39, 0.29) is 5.02 Å². The van der Waals surface area contributed by atoms with Gasteiger partial charge in [0.2, 0.25) is 0 Å². The van der Waals surface area contributed by atoms with Crippen molar-refractivity contribution in [3.05, 3.63) is 28.5 Å². The highest BCUT2D eigenvalue weighted by Gasteiger charge is 2.01. The van der Waals surface area contributed by atoms with Crippen LogP contribution in [0.3, 0.4) is 0 Å². The summed E-state index contributed by atoms with van der Waals surface area (Å²) in [6.45, 7) is 1.78. The molecule has 10 heavy (non-hydrogen) atoms. The van der Waals surface area contributed by atoms with Crippen LogP contribution in [0.4, 0.5) is 4.39 Å². The van der Waals surface area contributed by atoms with Gasteiger partial charge in [0.05, 0.1) is 5.02 Å². The third kappa shape index (κ3) is 1.44. The van der Waals surface area contributed by atoms with Crippen LogP contribution in [0, 0.1) is 12.7 Å². The van der Waals surface area contributed by atoms with E-state index in [0.29, 0.717) is 4.90 Å². The third-order valence-corrected chi connectivity index (χ3v) is 2.01. The van der Waals surface area contributed by atoms with E-state index in [4.69, 9.17) is 11.6 Å². The van der Waals surface area contributed by atoms with Crippen LogP contribution in [0.25, 0.3) is 0 Å². The molecule has 1 aromatic rings. The van der Waals surface area contributed by atoms with Gasteiger partial charge in [0.15, 0.2) is 0 Å². The molecule has 0 unspecified atom stereocenters. The van der Waals surface area contributed by atoms with E-state index in [0.717, 1.165) is 5.56 Å². The molecule has 3 heteroatoms. The van der Waals surface area contributed by atoms with Crippen molar-refractivity contribution in [2.24, 2.45) is 0 Å². The number of benzene rings is 1. The Morgan fingerprint density at radius 2 is 2.10 bits per heavy atom. The first kappa shape index (κ1) is 7.89. The number of halogens is 2. The Labute approximate surface area is 69.4 Å². The van der Waals surface area contributed by atoms with Gasteiger partial charge in [-0.05, 0) is 24.6 Å². The van der Waals surface area contributed by atoms with Gasteiger partial charge in [-0.2, -0.15) is 0 Å². The van der Waals surface area contributed by atoms with Crippen molar-refractivity contribution in [2.75, 3.05) is 0 Å².